The van der Waals surface area contributed by atoms with Crippen LogP contribution in [0.5, 0.6) is 0 Å². The summed E-state index contributed by atoms with van der Waals surface area (Å²) in [6, 6.07) is 0. The van der Waals surface area contributed by atoms with Crippen molar-refractivity contribution >= 4 is 37.9 Å². The fourth-order valence-corrected chi connectivity index (χ4v) is 5.81. The number of aromatic nitrogens is 2. The molecule has 0 saturated carbocycles. The van der Waals surface area contributed by atoms with E-state index in [0.717, 1.165) is 19.3 Å². The quantitative estimate of drug-likeness (QED) is 0.853. The first-order chi connectivity index (χ1) is 10.0. The normalized spacial score (nSPS) is 18.6. The predicted molar refractivity (Wildman–Crippen MR) is 84.5 cm³/mol. The number of hydrogen-bond acceptors (Lipinski definition) is 4. The average Bonchev–Trinajstić information content (AvgIpc) is 2.99. The monoisotopic (exact) mass is 347 g/mol. The molecule has 1 aliphatic heterocycles. The highest BCUT2D eigenvalue weighted by molar-refractivity contribution is 7.89. The molecule has 3 rings (SSSR count). The highest BCUT2D eigenvalue weighted by atomic mass is 35.5. The first-order valence-corrected chi connectivity index (χ1v) is 9.85. The van der Waals surface area contributed by atoms with Crippen molar-refractivity contribution in [2.24, 2.45) is 5.92 Å². The van der Waals surface area contributed by atoms with Crippen molar-refractivity contribution in [3.8, 4) is 0 Å². The molecule has 0 amide bonds. The number of imidazole rings is 1. The molecule has 0 unspecified atom stereocenters. The van der Waals surface area contributed by atoms with Crippen LogP contribution in [0.2, 0.25) is 5.15 Å². The zero-order chi connectivity index (χ0) is 15.0. The van der Waals surface area contributed by atoms with Gasteiger partial charge in [0.1, 0.15) is 0 Å². The molecule has 1 fully saturated rings. The van der Waals surface area contributed by atoms with Gasteiger partial charge in [-0.2, -0.15) is 4.31 Å². The van der Waals surface area contributed by atoms with Crippen LogP contribution in [0.25, 0.3) is 4.96 Å². The van der Waals surface area contributed by atoms with Crippen LogP contribution in [0.4, 0.5) is 0 Å². The van der Waals surface area contributed by atoms with Gasteiger partial charge in [-0.05, 0) is 18.8 Å². The number of hydrogen-bond donors (Lipinski definition) is 0. The third kappa shape index (κ3) is 2.72. The molecule has 3 heterocycles. The second-order valence-corrected chi connectivity index (χ2v) is 8.48. The van der Waals surface area contributed by atoms with Gasteiger partial charge in [0.15, 0.2) is 15.1 Å². The summed E-state index contributed by atoms with van der Waals surface area (Å²) >= 11 is 7.44. The second-order valence-electron chi connectivity index (χ2n) is 5.40. The maximum Gasteiger partial charge on any atom is 0.262 e. The standard InChI is InChI=1S/C13H18ClN3O2S2/c1-2-3-10-4-6-16(7-5-10)21(18,19)12-11(14)15-13-17(12)8-9-20-13/h8-10H,2-7H2,1H3. The summed E-state index contributed by atoms with van der Waals surface area (Å²) in [6.07, 6.45) is 5.89. The van der Waals surface area contributed by atoms with Crippen LogP contribution >= 0.6 is 22.9 Å². The Hall–Kier alpha value is -0.630. The Kier molecular flexibility index (Phi) is 4.27. The lowest BCUT2D eigenvalue weighted by atomic mass is 9.94. The van der Waals surface area contributed by atoms with Gasteiger partial charge in [0, 0.05) is 24.7 Å². The molecule has 21 heavy (non-hydrogen) atoms. The van der Waals surface area contributed by atoms with Crippen molar-refractivity contribution in [2.45, 2.75) is 37.6 Å². The highest BCUT2D eigenvalue weighted by Gasteiger charge is 2.33. The molecular formula is C13H18ClN3O2S2. The lowest BCUT2D eigenvalue weighted by molar-refractivity contribution is 0.262. The van der Waals surface area contributed by atoms with Crippen molar-refractivity contribution in [3.05, 3.63) is 16.7 Å². The van der Waals surface area contributed by atoms with Crippen LogP contribution in [0.15, 0.2) is 16.6 Å². The molecule has 1 saturated heterocycles. The number of thiazole rings is 1. The first-order valence-electron chi connectivity index (χ1n) is 7.15. The smallest absolute Gasteiger partial charge is 0.262 e. The van der Waals surface area contributed by atoms with Gasteiger partial charge in [-0.3, -0.25) is 4.40 Å². The van der Waals surface area contributed by atoms with Crippen molar-refractivity contribution in [1.29, 1.82) is 0 Å². The molecule has 0 spiro atoms. The van der Waals surface area contributed by atoms with Gasteiger partial charge in [-0.1, -0.05) is 31.4 Å². The van der Waals surface area contributed by atoms with E-state index in [4.69, 9.17) is 11.6 Å². The van der Waals surface area contributed by atoms with Crippen molar-refractivity contribution in [2.75, 3.05) is 13.1 Å². The SMILES string of the molecule is CCCC1CCN(S(=O)(=O)c2c(Cl)nc3sccn23)CC1. The Morgan fingerprint density at radius 1 is 1.43 bits per heavy atom. The van der Waals surface area contributed by atoms with Crippen LogP contribution in [-0.2, 0) is 10.0 Å². The zero-order valence-electron chi connectivity index (χ0n) is 11.8. The van der Waals surface area contributed by atoms with Crippen LogP contribution < -0.4 is 0 Å². The molecule has 8 heteroatoms. The molecule has 0 aliphatic carbocycles. The molecule has 0 atom stereocenters. The van der Waals surface area contributed by atoms with Gasteiger partial charge in [0.2, 0.25) is 0 Å². The van der Waals surface area contributed by atoms with Crippen molar-refractivity contribution < 1.29 is 8.42 Å². The molecule has 0 aromatic carbocycles. The summed E-state index contributed by atoms with van der Waals surface area (Å²) in [5, 5.41) is 1.98. The van der Waals surface area contributed by atoms with Gasteiger partial charge in [-0.25, -0.2) is 13.4 Å². The van der Waals surface area contributed by atoms with Gasteiger partial charge in [0.25, 0.3) is 10.0 Å². The molecule has 0 radical (unpaired) electrons. The number of fused-ring (bicyclic) bond motifs is 1. The van der Waals surface area contributed by atoms with E-state index in [0.29, 0.717) is 24.0 Å². The second kappa shape index (κ2) is 5.87. The fourth-order valence-electron chi connectivity index (χ4n) is 2.94. The molecule has 2 aromatic heterocycles. The molecular weight excluding hydrogens is 330 g/mol. The first kappa shape index (κ1) is 15.3. The van der Waals surface area contributed by atoms with Gasteiger partial charge in [-0.15, -0.1) is 11.3 Å². The minimum Gasteiger partial charge on any atom is -0.279 e. The van der Waals surface area contributed by atoms with Gasteiger partial charge in [0.05, 0.1) is 0 Å². The minimum atomic E-state index is -3.58. The maximum absolute atomic E-state index is 12.8. The van der Waals surface area contributed by atoms with E-state index in [2.05, 4.69) is 11.9 Å². The fraction of sp³-hybridized carbons (Fsp3) is 0.615. The molecule has 2 aromatic rings. The Morgan fingerprint density at radius 2 is 2.14 bits per heavy atom. The summed E-state index contributed by atoms with van der Waals surface area (Å²) in [4.78, 5) is 4.73. The van der Waals surface area contributed by atoms with E-state index in [-0.39, 0.29) is 10.2 Å². The van der Waals surface area contributed by atoms with E-state index in [1.807, 2.05) is 5.38 Å². The van der Waals surface area contributed by atoms with E-state index in [9.17, 15) is 8.42 Å². The lowest BCUT2D eigenvalue weighted by Gasteiger charge is -2.30. The summed E-state index contributed by atoms with van der Waals surface area (Å²) in [5.74, 6) is 0.642. The number of piperidine rings is 1. The maximum atomic E-state index is 12.8. The number of halogens is 1. The topological polar surface area (TPSA) is 54.7 Å². The van der Waals surface area contributed by atoms with E-state index in [1.54, 1.807) is 14.9 Å². The van der Waals surface area contributed by atoms with Gasteiger partial charge < -0.3 is 0 Å². The van der Waals surface area contributed by atoms with Crippen LogP contribution in [-0.4, -0.2) is 35.2 Å². The van der Waals surface area contributed by atoms with Crippen molar-refractivity contribution in [1.82, 2.24) is 13.7 Å². The number of sulfonamides is 1. The van der Waals surface area contributed by atoms with Crippen LogP contribution in [0.1, 0.15) is 32.6 Å². The number of rotatable bonds is 4. The lowest BCUT2D eigenvalue weighted by Crippen LogP contribution is -2.39. The van der Waals surface area contributed by atoms with Crippen LogP contribution in [0.3, 0.4) is 0 Å². The summed E-state index contributed by atoms with van der Waals surface area (Å²) in [7, 11) is -3.58. The Morgan fingerprint density at radius 3 is 2.81 bits per heavy atom. The average molecular weight is 348 g/mol. The molecule has 0 N–H and O–H groups in total. The Bertz CT molecular complexity index is 730. The van der Waals surface area contributed by atoms with E-state index in [1.165, 1.54) is 17.8 Å². The Labute approximate surface area is 133 Å². The van der Waals surface area contributed by atoms with E-state index < -0.39 is 10.0 Å². The largest absolute Gasteiger partial charge is 0.279 e. The summed E-state index contributed by atoms with van der Waals surface area (Å²) < 4.78 is 28.8. The summed E-state index contributed by atoms with van der Waals surface area (Å²) in [5.41, 5.74) is 0. The Balaban J connectivity index is 1.88. The zero-order valence-corrected chi connectivity index (χ0v) is 14.2. The third-order valence-corrected chi connectivity index (χ3v) is 7.09. The molecule has 1 aliphatic rings. The van der Waals surface area contributed by atoms with E-state index >= 15 is 0 Å². The molecule has 116 valence electrons. The summed E-state index contributed by atoms with van der Waals surface area (Å²) in [6.45, 7) is 3.31. The minimum absolute atomic E-state index is 0.0672. The van der Waals surface area contributed by atoms with Crippen LogP contribution in [0, 0.1) is 5.92 Å². The highest BCUT2D eigenvalue weighted by Crippen LogP contribution is 2.31. The molecule has 0 bridgehead atoms. The van der Waals surface area contributed by atoms with Gasteiger partial charge >= 0.3 is 0 Å². The predicted octanol–water partition coefficient (Wildman–Crippen LogP) is 3.25. The number of nitrogens with zero attached hydrogens (tertiary/aromatic N) is 3. The third-order valence-electron chi connectivity index (χ3n) is 4.03. The molecule has 5 nitrogen and oxygen atoms in total. The van der Waals surface area contributed by atoms with Crippen molar-refractivity contribution in [3.63, 3.8) is 0 Å².